The highest BCUT2D eigenvalue weighted by Gasteiger charge is 1.83. The fourth-order valence-corrected chi connectivity index (χ4v) is 1.27. The smallest absolute Gasteiger partial charge is 0.0423 e. The molecule has 1 nitrogen and oxygen atoms in total. The third-order valence-corrected chi connectivity index (χ3v) is 2.22. The maximum atomic E-state index is 4.22. The van der Waals surface area contributed by atoms with E-state index in [9.17, 15) is 0 Å². The summed E-state index contributed by atoms with van der Waals surface area (Å²) in [4.78, 5) is 0. The molecule has 0 radical (unpaired) electrons. The third kappa shape index (κ3) is 3.58. The monoisotopic (exact) mass is 179 g/mol. The first-order valence-electron chi connectivity index (χ1n) is 4.14. The molecule has 1 aromatic rings. The number of hydrogen-bond acceptors (Lipinski definition) is 2. The SMILES string of the molecule is CCCS/N=C/c1ccccc1. The van der Waals surface area contributed by atoms with Gasteiger partial charge in [-0.05, 0) is 23.9 Å². The molecule has 0 saturated heterocycles. The van der Waals surface area contributed by atoms with Gasteiger partial charge in [0.25, 0.3) is 0 Å². The Morgan fingerprint density at radius 3 is 2.75 bits per heavy atom. The van der Waals surface area contributed by atoms with E-state index >= 15 is 0 Å². The van der Waals surface area contributed by atoms with Crippen molar-refractivity contribution in [2.75, 3.05) is 5.75 Å². The second-order valence-electron chi connectivity index (χ2n) is 2.48. The molecule has 1 rings (SSSR count). The van der Waals surface area contributed by atoms with E-state index in [0.717, 1.165) is 5.75 Å². The molecule has 0 heterocycles. The fourth-order valence-electron chi connectivity index (χ4n) is 0.781. The molecule has 0 aromatic heterocycles. The van der Waals surface area contributed by atoms with Gasteiger partial charge in [0.15, 0.2) is 0 Å². The van der Waals surface area contributed by atoms with Crippen molar-refractivity contribution < 1.29 is 0 Å². The van der Waals surface area contributed by atoms with Crippen molar-refractivity contribution in [2.24, 2.45) is 4.40 Å². The fraction of sp³-hybridized carbons (Fsp3) is 0.300. The maximum Gasteiger partial charge on any atom is 0.0423 e. The molecule has 0 atom stereocenters. The van der Waals surface area contributed by atoms with Crippen LogP contribution in [0.4, 0.5) is 0 Å². The van der Waals surface area contributed by atoms with E-state index in [-0.39, 0.29) is 0 Å². The van der Waals surface area contributed by atoms with E-state index in [1.807, 2.05) is 24.4 Å². The van der Waals surface area contributed by atoms with Crippen LogP contribution in [0, 0.1) is 0 Å². The zero-order valence-corrected chi connectivity index (χ0v) is 8.05. The first-order valence-corrected chi connectivity index (χ1v) is 5.08. The Morgan fingerprint density at radius 2 is 2.08 bits per heavy atom. The highest BCUT2D eigenvalue weighted by atomic mass is 32.2. The van der Waals surface area contributed by atoms with Crippen LogP contribution in [0.2, 0.25) is 0 Å². The van der Waals surface area contributed by atoms with Crippen LogP contribution in [0.25, 0.3) is 0 Å². The molecule has 0 N–H and O–H groups in total. The Kier molecular flexibility index (Phi) is 4.54. The molecule has 0 saturated carbocycles. The number of nitrogens with zero attached hydrogens (tertiary/aromatic N) is 1. The van der Waals surface area contributed by atoms with Crippen LogP contribution in [0.5, 0.6) is 0 Å². The Labute approximate surface area is 78.0 Å². The Bertz CT molecular complexity index is 231. The lowest BCUT2D eigenvalue weighted by Gasteiger charge is -1.90. The maximum absolute atomic E-state index is 4.22. The zero-order chi connectivity index (χ0) is 8.65. The van der Waals surface area contributed by atoms with Crippen LogP contribution >= 0.6 is 11.9 Å². The van der Waals surface area contributed by atoms with E-state index in [2.05, 4.69) is 23.5 Å². The third-order valence-electron chi connectivity index (χ3n) is 1.37. The summed E-state index contributed by atoms with van der Waals surface area (Å²) in [6.07, 6.45) is 3.08. The van der Waals surface area contributed by atoms with Gasteiger partial charge in [0.2, 0.25) is 0 Å². The second-order valence-corrected chi connectivity index (χ2v) is 3.36. The van der Waals surface area contributed by atoms with E-state index in [4.69, 9.17) is 0 Å². The highest BCUT2D eigenvalue weighted by molar-refractivity contribution is 7.98. The van der Waals surface area contributed by atoms with Crippen molar-refractivity contribution in [1.29, 1.82) is 0 Å². The van der Waals surface area contributed by atoms with Gasteiger partial charge in [-0.15, -0.1) is 0 Å². The van der Waals surface area contributed by atoms with E-state index in [0.29, 0.717) is 0 Å². The van der Waals surface area contributed by atoms with Gasteiger partial charge in [0.05, 0.1) is 0 Å². The minimum absolute atomic E-state index is 1.10. The molecule has 0 aliphatic rings. The van der Waals surface area contributed by atoms with Gasteiger partial charge >= 0.3 is 0 Å². The average molecular weight is 179 g/mol. The topological polar surface area (TPSA) is 12.4 Å². The second kappa shape index (κ2) is 5.84. The Balaban J connectivity index is 2.36. The normalized spacial score (nSPS) is 10.8. The standard InChI is InChI=1S/C10H13NS/c1-2-8-12-11-9-10-6-4-3-5-7-10/h3-7,9H,2,8H2,1H3/b11-9+. The van der Waals surface area contributed by atoms with Crippen LogP contribution in [-0.4, -0.2) is 12.0 Å². The minimum atomic E-state index is 1.10. The molecule has 12 heavy (non-hydrogen) atoms. The molecule has 0 fully saturated rings. The Morgan fingerprint density at radius 1 is 1.33 bits per heavy atom. The molecular formula is C10H13NS. The van der Waals surface area contributed by atoms with Crippen LogP contribution in [-0.2, 0) is 0 Å². The predicted molar refractivity (Wildman–Crippen MR) is 56.8 cm³/mol. The number of rotatable bonds is 4. The summed E-state index contributed by atoms with van der Waals surface area (Å²) in [6, 6.07) is 10.2. The highest BCUT2D eigenvalue weighted by Crippen LogP contribution is 2.03. The summed E-state index contributed by atoms with van der Waals surface area (Å²) in [6.45, 7) is 2.16. The minimum Gasteiger partial charge on any atom is -0.224 e. The molecule has 64 valence electrons. The predicted octanol–water partition coefficient (Wildman–Crippen LogP) is 3.16. The van der Waals surface area contributed by atoms with Crippen molar-refractivity contribution in [3.05, 3.63) is 35.9 Å². The van der Waals surface area contributed by atoms with Gasteiger partial charge in [0.1, 0.15) is 0 Å². The van der Waals surface area contributed by atoms with Crippen LogP contribution in [0.1, 0.15) is 18.9 Å². The van der Waals surface area contributed by atoms with Crippen molar-refractivity contribution in [3.8, 4) is 0 Å². The lowest BCUT2D eigenvalue weighted by atomic mass is 10.2. The summed E-state index contributed by atoms with van der Waals surface area (Å²) < 4.78 is 4.22. The van der Waals surface area contributed by atoms with E-state index < -0.39 is 0 Å². The summed E-state index contributed by atoms with van der Waals surface area (Å²) in [5.41, 5.74) is 1.17. The number of benzene rings is 1. The molecule has 0 amide bonds. The van der Waals surface area contributed by atoms with Gasteiger partial charge in [-0.2, -0.15) is 0 Å². The lowest BCUT2D eigenvalue weighted by Crippen LogP contribution is -1.77. The molecule has 0 bridgehead atoms. The molecule has 0 unspecified atom stereocenters. The van der Waals surface area contributed by atoms with Gasteiger partial charge in [-0.25, -0.2) is 4.40 Å². The van der Waals surface area contributed by atoms with Crippen LogP contribution < -0.4 is 0 Å². The Hall–Kier alpha value is -0.760. The first-order chi connectivity index (χ1) is 5.93. The molecular weight excluding hydrogens is 166 g/mol. The van der Waals surface area contributed by atoms with Crippen molar-refractivity contribution >= 4 is 18.2 Å². The van der Waals surface area contributed by atoms with Crippen molar-refractivity contribution in [3.63, 3.8) is 0 Å². The molecule has 0 aliphatic heterocycles. The zero-order valence-electron chi connectivity index (χ0n) is 7.23. The van der Waals surface area contributed by atoms with Gasteiger partial charge in [-0.3, -0.25) is 0 Å². The largest absolute Gasteiger partial charge is 0.224 e. The van der Waals surface area contributed by atoms with Gasteiger partial charge in [0, 0.05) is 12.0 Å². The van der Waals surface area contributed by atoms with Gasteiger partial charge in [-0.1, -0.05) is 37.3 Å². The molecule has 0 aliphatic carbocycles. The van der Waals surface area contributed by atoms with E-state index in [1.54, 1.807) is 11.9 Å². The van der Waals surface area contributed by atoms with E-state index in [1.165, 1.54) is 12.0 Å². The number of hydrogen-bond donors (Lipinski definition) is 0. The lowest BCUT2D eigenvalue weighted by molar-refractivity contribution is 1.11. The summed E-state index contributed by atoms with van der Waals surface area (Å²) in [7, 11) is 0. The molecule has 0 spiro atoms. The summed E-state index contributed by atoms with van der Waals surface area (Å²) in [5, 5.41) is 0. The van der Waals surface area contributed by atoms with Crippen LogP contribution in [0.15, 0.2) is 34.7 Å². The molecule has 1 aromatic carbocycles. The first kappa shape index (κ1) is 9.33. The van der Waals surface area contributed by atoms with Crippen molar-refractivity contribution in [1.82, 2.24) is 0 Å². The van der Waals surface area contributed by atoms with Crippen LogP contribution in [0.3, 0.4) is 0 Å². The summed E-state index contributed by atoms with van der Waals surface area (Å²) in [5.74, 6) is 1.10. The van der Waals surface area contributed by atoms with Crippen molar-refractivity contribution in [2.45, 2.75) is 13.3 Å². The average Bonchev–Trinajstić information content (AvgIpc) is 2.14. The molecule has 2 heteroatoms. The summed E-state index contributed by atoms with van der Waals surface area (Å²) >= 11 is 1.62. The van der Waals surface area contributed by atoms with Gasteiger partial charge < -0.3 is 0 Å². The quantitative estimate of drug-likeness (QED) is 0.393.